The lowest BCUT2D eigenvalue weighted by molar-refractivity contribution is -0.0337. The summed E-state index contributed by atoms with van der Waals surface area (Å²) in [6.45, 7) is 4.47. The van der Waals surface area contributed by atoms with Crippen molar-refractivity contribution in [2.24, 2.45) is 0 Å². The van der Waals surface area contributed by atoms with E-state index < -0.39 is 0 Å². The Labute approximate surface area is 118 Å². The normalized spacial score (nSPS) is 29.3. The van der Waals surface area contributed by atoms with E-state index in [9.17, 15) is 0 Å². The number of hydrogen-bond donors (Lipinski definition) is 1. The molecule has 0 radical (unpaired) electrons. The van der Waals surface area contributed by atoms with E-state index in [2.05, 4.69) is 19.2 Å². The van der Waals surface area contributed by atoms with Gasteiger partial charge in [-0.15, -0.1) is 0 Å². The van der Waals surface area contributed by atoms with Crippen molar-refractivity contribution in [2.75, 3.05) is 12.1 Å². The van der Waals surface area contributed by atoms with E-state index in [1.807, 2.05) is 6.07 Å². The Kier molecular flexibility index (Phi) is 3.46. The average Bonchev–Trinajstić information content (AvgIpc) is 2.75. The van der Waals surface area contributed by atoms with Gasteiger partial charge in [0.2, 0.25) is 6.79 Å². The largest absolute Gasteiger partial charge is 0.454 e. The van der Waals surface area contributed by atoms with Gasteiger partial charge in [-0.1, -0.05) is 11.6 Å². The van der Waals surface area contributed by atoms with E-state index >= 15 is 0 Å². The lowest BCUT2D eigenvalue weighted by Gasteiger charge is -2.33. The first-order valence-corrected chi connectivity index (χ1v) is 7.01. The molecule has 0 spiro atoms. The molecule has 2 atom stereocenters. The van der Waals surface area contributed by atoms with Crippen LogP contribution in [-0.2, 0) is 4.74 Å². The topological polar surface area (TPSA) is 39.7 Å². The molecular formula is C14H18ClNO3. The van der Waals surface area contributed by atoms with E-state index in [4.69, 9.17) is 25.8 Å². The fourth-order valence-electron chi connectivity index (χ4n) is 2.77. The van der Waals surface area contributed by atoms with Gasteiger partial charge in [0.05, 0.1) is 22.9 Å². The molecule has 104 valence electrons. The Balaban J connectivity index is 1.76. The first kappa shape index (κ1) is 12.9. The van der Waals surface area contributed by atoms with Crippen LogP contribution in [0.5, 0.6) is 11.5 Å². The Bertz CT molecular complexity index is 470. The molecule has 1 saturated heterocycles. The SMILES string of the molecule is CC1CC(Nc2cc3c(cc2Cl)OCO3)CC(C)O1. The summed E-state index contributed by atoms with van der Waals surface area (Å²) in [5.74, 6) is 1.46. The first-order valence-electron chi connectivity index (χ1n) is 6.63. The van der Waals surface area contributed by atoms with Crippen molar-refractivity contribution in [1.29, 1.82) is 0 Å². The molecule has 0 amide bonds. The highest BCUT2D eigenvalue weighted by Crippen LogP contribution is 2.40. The van der Waals surface area contributed by atoms with Gasteiger partial charge < -0.3 is 19.5 Å². The maximum absolute atomic E-state index is 6.27. The van der Waals surface area contributed by atoms with Crippen LogP contribution in [0.15, 0.2) is 12.1 Å². The van der Waals surface area contributed by atoms with Gasteiger partial charge in [0, 0.05) is 18.2 Å². The number of rotatable bonds is 2. The van der Waals surface area contributed by atoms with Crippen LogP contribution in [0.3, 0.4) is 0 Å². The summed E-state index contributed by atoms with van der Waals surface area (Å²) in [6.07, 6.45) is 2.51. The van der Waals surface area contributed by atoms with Gasteiger partial charge in [0.15, 0.2) is 11.5 Å². The van der Waals surface area contributed by atoms with Crippen molar-refractivity contribution in [3.8, 4) is 11.5 Å². The van der Waals surface area contributed by atoms with E-state index in [1.165, 1.54) is 0 Å². The lowest BCUT2D eigenvalue weighted by atomic mass is 9.99. The van der Waals surface area contributed by atoms with Crippen molar-refractivity contribution in [3.63, 3.8) is 0 Å². The molecule has 2 aliphatic rings. The summed E-state index contributed by atoms with van der Waals surface area (Å²) >= 11 is 6.27. The van der Waals surface area contributed by atoms with E-state index in [0.29, 0.717) is 16.8 Å². The maximum Gasteiger partial charge on any atom is 0.231 e. The Morgan fingerprint density at radius 3 is 2.42 bits per heavy atom. The van der Waals surface area contributed by atoms with Crippen molar-refractivity contribution >= 4 is 17.3 Å². The predicted octanol–water partition coefficient (Wildman–Crippen LogP) is 3.44. The van der Waals surface area contributed by atoms with Crippen LogP contribution in [0.25, 0.3) is 0 Å². The zero-order valence-electron chi connectivity index (χ0n) is 11.1. The van der Waals surface area contributed by atoms with Crippen LogP contribution >= 0.6 is 11.6 Å². The van der Waals surface area contributed by atoms with Crippen LogP contribution in [-0.4, -0.2) is 25.0 Å². The van der Waals surface area contributed by atoms with Gasteiger partial charge >= 0.3 is 0 Å². The molecule has 1 aromatic rings. The second-order valence-corrected chi connectivity index (χ2v) is 5.66. The molecule has 0 aromatic heterocycles. The molecule has 4 nitrogen and oxygen atoms in total. The molecule has 1 aromatic carbocycles. The minimum Gasteiger partial charge on any atom is -0.454 e. The minimum atomic E-state index is 0.264. The molecule has 0 saturated carbocycles. The third-order valence-electron chi connectivity index (χ3n) is 3.52. The predicted molar refractivity (Wildman–Crippen MR) is 74.2 cm³/mol. The van der Waals surface area contributed by atoms with Gasteiger partial charge in [-0.3, -0.25) is 0 Å². The molecule has 0 aliphatic carbocycles. The fourth-order valence-corrected chi connectivity index (χ4v) is 2.98. The molecule has 2 unspecified atom stereocenters. The van der Waals surface area contributed by atoms with E-state index in [1.54, 1.807) is 6.07 Å². The van der Waals surface area contributed by atoms with Crippen LogP contribution in [0.4, 0.5) is 5.69 Å². The average molecular weight is 284 g/mol. The summed E-state index contributed by atoms with van der Waals surface area (Å²) in [7, 11) is 0. The van der Waals surface area contributed by atoms with E-state index in [0.717, 1.165) is 24.3 Å². The summed E-state index contributed by atoms with van der Waals surface area (Å²) in [5.41, 5.74) is 0.900. The van der Waals surface area contributed by atoms with Crippen molar-refractivity contribution in [1.82, 2.24) is 0 Å². The zero-order chi connectivity index (χ0) is 13.4. The molecular weight excluding hydrogens is 266 g/mol. The van der Waals surface area contributed by atoms with Gasteiger partial charge in [0.1, 0.15) is 0 Å². The number of halogens is 1. The number of nitrogens with one attached hydrogen (secondary N) is 1. The number of hydrogen-bond acceptors (Lipinski definition) is 4. The highest BCUT2D eigenvalue weighted by molar-refractivity contribution is 6.33. The Morgan fingerprint density at radius 2 is 1.74 bits per heavy atom. The van der Waals surface area contributed by atoms with Crippen LogP contribution in [0.2, 0.25) is 5.02 Å². The number of benzene rings is 1. The summed E-state index contributed by atoms with van der Waals surface area (Å²) < 4.78 is 16.4. The van der Waals surface area contributed by atoms with E-state index in [-0.39, 0.29) is 19.0 Å². The molecule has 5 heteroatoms. The highest BCUT2D eigenvalue weighted by Gasteiger charge is 2.25. The van der Waals surface area contributed by atoms with Crippen molar-refractivity contribution in [3.05, 3.63) is 17.2 Å². The molecule has 0 bridgehead atoms. The molecule has 2 aliphatic heterocycles. The summed E-state index contributed by atoms with van der Waals surface area (Å²) in [4.78, 5) is 0. The highest BCUT2D eigenvalue weighted by atomic mass is 35.5. The Hall–Kier alpha value is -1.13. The fraction of sp³-hybridized carbons (Fsp3) is 0.571. The minimum absolute atomic E-state index is 0.264. The molecule has 1 N–H and O–H groups in total. The van der Waals surface area contributed by atoms with Crippen LogP contribution in [0.1, 0.15) is 26.7 Å². The second-order valence-electron chi connectivity index (χ2n) is 5.26. The lowest BCUT2D eigenvalue weighted by Crippen LogP contribution is -2.36. The summed E-state index contributed by atoms with van der Waals surface area (Å²) in [5, 5.41) is 4.16. The standard InChI is InChI=1S/C14H18ClNO3/c1-8-3-10(4-9(2)19-8)16-12-6-14-13(5-11(12)15)17-7-18-14/h5-6,8-10,16H,3-4,7H2,1-2H3. The number of anilines is 1. The van der Waals surface area contributed by atoms with Crippen LogP contribution in [0, 0.1) is 0 Å². The third-order valence-corrected chi connectivity index (χ3v) is 3.83. The zero-order valence-corrected chi connectivity index (χ0v) is 11.9. The van der Waals surface area contributed by atoms with Gasteiger partial charge in [-0.25, -0.2) is 0 Å². The van der Waals surface area contributed by atoms with Gasteiger partial charge in [-0.2, -0.15) is 0 Å². The monoisotopic (exact) mass is 283 g/mol. The smallest absolute Gasteiger partial charge is 0.231 e. The molecule has 2 heterocycles. The first-order chi connectivity index (χ1) is 9.11. The van der Waals surface area contributed by atoms with Gasteiger partial charge in [0.25, 0.3) is 0 Å². The Morgan fingerprint density at radius 1 is 1.11 bits per heavy atom. The molecule has 19 heavy (non-hydrogen) atoms. The number of fused-ring (bicyclic) bond motifs is 1. The maximum atomic E-state index is 6.27. The molecule has 1 fully saturated rings. The third kappa shape index (κ3) is 2.74. The number of ether oxygens (including phenoxy) is 3. The van der Waals surface area contributed by atoms with Crippen molar-refractivity contribution in [2.45, 2.75) is 44.9 Å². The second kappa shape index (κ2) is 5.10. The molecule has 3 rings (SSSR count). The van der Waals surface area contributed by atoms with Gasteiger partial charge in [-0.05, 0) is 26.7 Å². The quantitative estimate of drug-likeness (QED) is 0.902. The van der Waals surface area contributed by atoms with Crippen molar-refractivity contribution < 1.29 is 14.2 Å². The van der Waals surface area contributed by atoms with Crippen LogP contribution < -0.4 is 14.8 Å². The summed E-state index contributed by atoms with van der Waals surface area (Å²) in [6, 6.07) is 4.09.